The zero-order valence-electron chi connectivity index (χ0n) is 8.45. The van der Waals surface area contributed by atoms with Crippen LogP contribution in [-0.4, -0.2) is 30.6 Å². The second kappa shape index (κ2) is 5.03. The van der Waals surface area contributed by atoms with Crippen molar-refractivity contribution in [1.82, 2.24) is 0 Å². The number of hydrogen-bond donors (Lipinski definition) is 2. The SMILES string of the molecule is COc1cc(B(O)O)c(Cl)cc1OC(F)(F)F. The third-order valence-electron chi connectivity index (χ3n) is 1.79. The van der Waals surface area contributed by atoms with Crippen molar-refractivity contribution in [2.45, 2.75) is 6.36 Å². The maximum Gasteiger partial charge on any atom is 0.573 e. The van der Waals surface area contributed by atoms with Gasteiger partial charge in [0.2, 0.25) is 0 Å². The van der Waals surface area contributed by atoms with Crippen LogP contribution in [0.4, 0.5) is 13.2 Å². The molecule has 2 N–H and O–H groups in total. The molecule has 4 nitrogen and oxygen atoms in total. The van der Waals surface area contributed by atoms with Gasteiger partial charge in [0.25, 0.3) is 0 Å². The molecular weight excluding hydrogens is 263 g/mol. The number of ether oxygens (including phenoxy) is 2. The fourth-order valence-electron chi connectivity index (χ4n) is 1.11. The smallest absolute Gasteiger partial charge is 0.493 e. The van der Waals surface area contributed by atoms with E-state index >= 15 is 0 Å². The predicted octanol–water partition coefficient (Wildman–Crippen LogP) is 0.927. The third kappa shape index (κ3) is 3.69. The lowest BCUT2D eigenvalue weighted by Gasteiger charge is -2.14. The number of benzene rings is 1. The van der Waals surface area contributed by atoms with Gasteiger partial charge in [-0.1, -0.05) is 11.6 Å². The van der Waals surface area contributed by atoms with E-state index in [0.29, 0.717) is 0 Å². The third-order valence-corrected chi connectivity index (χ3v) is 2.11. The first kappa shape index (κ1) is 13.9. The highest BCUT2D eigenvalue weighted by Gasteiger charge is 2.33. The fourth-order valence-corrected chi connectivity index (χ4v) is 1.36. The van der Waals surface area contributed by atoms with E-state index in [4.69, 9.17) is 21.6 Å². The van der Waals surface area contributed by atoms with E-state index in [1.165, 1.54) is 0 Å². The van der Waals surface area contributed by atoms with Crippen molar-refractivity contribution in [3.63, 3.8) is 0 Å². The zero-order chi connectivity index (χ0) is 13.2. The molecule has 94 valence electrons. The summed E-state index contributed by atoms with van der Waals surface area (Å²) in [6.45, 7) is 0. The molecule has 1 rings (SSSR count). The van der Waals surface area contributed by atoms with Gasteiger partial charge in [0.05, 0.1) is 7.11 Å². The van der Waals surface area contributed by atoms with Gasteiger partial charge in [0.1, 0.15) is 0 Å². The van der Waals surface area contributed by atoms with Crippen LogP contribution in [0.25, 0.3) is 0 Å². The molecule has 0 saturated heterocycles. The summed E-state index contributed by atoms with van der Waals surface area (Å²) in [5.41, 5.74) is -0.182. The first-order valence-electron chi connectivity index (χ1n) is 4.24. The topological polar surface area (TPSA) is 58.9 Å². The van der Waals surface area contributed by atoms with Crippen LogP contribution in [-0.2, 0) is 0 Å². The summed E-state index contributed by atoms with van der Waals surface area (Å²) in [6.07, 6.45) is -4.89. The second-order valence-corrected chi connectivity index (χ2v) is 3.35. The Kier molecular flexibility index (Phi) is 4.13. The molecule has 0 bridgehead atoms. The summed E-state index contributed by atoms with van der Waals surface area (Å²) in [7, 11) is -0.809. The molecule has 1 aromatic carbocycles. The van der Waals surface area contributed by atoms with E-state index in [2.05, 4.69) is 9.47 Å². The van der Waals surface area contributed by atoms with Gasteiger partial charge in [0, 0.05) is 16.6 Å². The van der Waals surface area contributed by atoms with E-state index in [1.54, 1.807) is 0 Å². The Morgan fingerprint density at radius 2 is 1.82 bits per heavy atom. The lowest BCUT2D eigenvalue weighted by atomic mass is 9.80. The molecule has 0 amide bonds. The maximum atomic E-state index is 12.0. The molecule has 0 saturated carbocycles. The van der Waals surface area contributed by atoms with E-state index in [1.807, 2.05) is 0 Å². The summed E-state index contributed by atoms with van der Waals surface area (Å²) in [6, 6.07) is 1.75. The highest BCUT2D eigenvalue weighted by Crippen LogP contribution is 2.33. The largest absolute Gasteiger partial charge is 0.573 e. The quantitative estimate of drug-likeness (QED) is 0.802. The molecule has 0 aliphatic heterocycles. The molecule has 0 fully saturated rings. The fraction of sp³-hybridized carbons (Fsp3) is 0.250. The van der Waals surface area contributed by atoms with Crippen LogP contribution in [0.15, 0.2) is 12.1 Å². The van der Waals surface area contributed by atoms with Gasteiger partial charge in [-0.2, -0.15) is 0 Å². The van der Waals surface area contributed by atoms with Crippen LogP contribution in [0.3, 0.4) is 0 Å². The van der Waals surface area contributed by atoms with Gasteiger partial charge < -0.3 is 19.5 Å². The highest BCUT2D eigenvalue weighted by atomic mass is 35.5. The first-order valence-corrected chi connectivity index (χ1v) is 4.61. The average Bonchev–Trinajstić information content (AvgIpc) is 2.14. The highest BCUT2D eigenvalue weighted by molar-refractivity contribution is 6.62. The summed E-state index contributed by atoms with van der Waals surface area (Å²) in [5, 5.41) is 17.5. The molecule has 0 aliphatic carbocycles. The van der Waals surface area contributed by atoms with E-state index in [9.17, 15) is 13.2 Å². The van der Waals surface area contributed by atoms with Gasteiger partial charge in [0.15, 0.2) is 11.5 Å². The Labute approximate surface area is 99.7 Å². The molecule has 0 radical (unpaired) electrons. The van der Waals surface area contributed by atoms with Crippen LogP contribution in [0.1, 0.15) is 0 Å². The normalized spacial score (nSPS) is 11.2. The van der Waals surface area contributed by atoms with Crippen molar-refractivity contribution in [3.05, 3.63) is 17.2 Å². The van der Waals surface area contributed by atoms with Gasteiger partial charge in [-0.3, -0.25) is 0 Å². The maximum absolute atomic E-state index is 12.0. The molecule has 1 aromatic rings. The van der Waals surface area contributed by atoms with Crippen LogP contribution in [0, 0.1) is 0 Å². The number of methoxy groups -OCH3 is 1. The van der Waals surface area contributed by atoms with Crippen LogP contribution in [0.2, 0.25) is 5.02 Å². The Morgan fingerprint density at radius 1 is 1.24 bits per heavy atom. The first-order chi connectivity index (χ1) is 7.74. The molecule has 0 atom stereocenters. The molecule has 0 aromatic heterocycles. The Hall–Kier alpha value is -1.12. The number of rotatable bonds is 3. The van der Waals surface area contributed by atoms with Crippen molar-refractivity contribution < 1.29 is 32.7 Å². The van der Waals surface area contributed by atoms with E-state index in [0.717, 1.165) is 19.2 Å². The summed E-state index contributed by atoms with van der Waals surface area (Å²) >= 11 is 5.56. The molecule has 9 heteroatoms. The van der Waals surface area contributed by atoms with Crippen molar-refractivity contribution in [2.24, 2.45) is 0 Å². The molecule has 0 unspecified atom stereocenters. The number of halogens is 4. The number of hydrogen-bond acceptors (Lipinski definition) is 4. The minimum atomic E-state index is -4.89. The van der Waals surface area contributed by atoms with Crippen LogP contribution in [0.5, 0.6) is 11.5 Å². The van der Waals surface area contributed by atoms with Gasteiger partial charge in [-0.25, -0.2) is 0 Å². The molecular formula is C8H7BClF3O4. The lowest BCUT2D eigenvalue weighted by molar-refractivity contribution is -0.275. The van der Waals surface area contributed by atoms with Gasteiger partial charge in [-0.05, 0) is 6.07 Å². The van der Waals surface area contributed by atoms with Crippen molar-refractivity contribution >= 4 is 24.2 Å². The van der Waals surface area contributed by atoms with Gasteiger partial charge in [-0.15, -0.1) is 13.2 Å². The average molecular weight is 270 g/mol. The Morgan fingerprint density at radius 3 is 2.24 bits per heavy atom. The Balaban J connectivity index is 3.19. The number of alkyl halides is 3. The van der Waals surface area contributed by atoms with E-state index < -0.39 is 19.2 Å². The summed E-state index contributed by atoms with van der Waals surface area (Å²) in [4.78, 5) is 0. The molecule has 0 aliphatic rings. The molecule has 0 spiro atoms. The standard InChI is InChI=1S/C8H7BClF3O4/c1-16-6-2-4(9(14)15)5(10)3-7(6)17-8(11,12)13/h2-3,14-15H,1H3. The second-order valence-electron chi connectivity index (χ2n) is 2.95. The molecule has 17 heavy (non-hydrogen) atoms. The minimum Gasteiger partial charge on any atom is -0.493 e. The van der Waals surface area contributed by atoms with Crippen molar-refractivity contribution in [2.75, 3.05) is 7.11 Å². The lowest BCUT2D eigenvalue weighted by Crippen LogP contribution is -2.31. The van der Waals surface area contributed by atoms with Gasteiger partial charge >= 0.3 is 13.5 Å². The minimum absolute atomic E-state index is 0.182. The Bertz CT molecular complexity index is 410. The van der Waals surface area contributed by atoms with Crippen molar-refractivity contribution in [3.8, 4) is 11.5 Å². The summed E-state index contributed by atoms with van der Waals surface area (Å²) in [5.74, 6) is -0.968. The van der Waals surface area contributed by atoms with E-state index in [-0.39, 0.29) is 16.2 Å². The summed E-state index contributed by atoms with van der Waals surface area (Å²) < 4.78 is 44.4. The molecule has 0 heterocycles. The zero-order valence-corrected chi connectivity index (χ0v) is 9.21. The van der Waals surface area contributed by atoms with Crippen LogP contribution >= 0.6 is 11.6 Å². The predicted molar refractivity (Wildman–Crippen MR) is 54.5 cm³/mol. The van der Waals surface area contributed by atoms with Crippen molar-refractivity contribution in [1.29, 1.82) is 0 Å². The monoisotopic (exact) mass is 270 g/mol. The van der Waals surface area contributed by atoms with Crippen LogP contribution < -0.4 is 14.9 Å².